The Labute approximate surface area is 195 Å². The predicted octanol–water partition coefficient (Wildman–Crippen LogP) is 3.42. The van der Waals surface area contributed by atoms with Crippen molar-refractivity contribution in [1.29, 1.82) is 0 Å². The maximum absolute atomic E-state index is 12.9. The van der Waals surface area contributed by atoms with Crippen molar-refractivity contribution in [3.63, 3.8) is 0 Å². The van der Waals surface area contributed by atoms with Gasteiger partial charge in [-0.1, -0.05) is 23.7 Å². The summed E-state index contributed by atoms with van der Waals surface area (Å²) in [6.45, 7) is 3.87. The van der Waals surface area contributed by atoms with Gasteiger partial charge < -0.3 is 15.5 Å². The molecule has 10 heteroatoms. The Morgan fingerprint density at radius 3 is 2.39 bits per heavy atom. The normalized spacial score (nSPS) is 14.7. The second-order valence-corrected chi connectivity index (χ2v) is 8.21. The number of hydrogen-bond acceptors (Lipinski definition) is 4. The van der Waals surface area contributed by atoms with Crippen molar-refractivity contribution in [1.82, 2.24) is 15.5 Å². The molecular weight excluding hydrogens is 457 g/mol. The highest BCUT2D eigenvalue weighted by atomic mass is 35.5. The number of nitrogens with zero attached hydrogens (tertiary/aromatic N) is 2. The molecular formula is C23H26ClF3N4O2. The number of hydrogen-bond donors (Lipinski definition) is 2. The van der Waals surface area contributed by atoms with Crippen LogP contribution in [0.5, 0.6) is 0 Å². The van der Waals surface area contributed by atoms with E-state index in [1.54, 1.807) is 24.3 Å². The molecule has 1 aliphatic heterocycles. The lowest BCUT2D eigenvalue weighted by Crippen LogP contribution is -2.47. The van der Waals surface area contributed by atoms with Gasteiger partial charge in [0.25, 0.3) is 5.91 Å². The number of alkyl halides is 3. The minimum atomic E-state index is -4.35. The fourth-order valence-electron chi connectivity index (χ4n) is 3.59. The molecule has 0 unspecified atom stereocenters. The number of nitrogens with one attached hydrogen (secondary N) is 2. The molecule has 33 heavy (non-hydrogen) atoms. The second-order valence-electron chi connectivity index (χ2n) is 7.77. The van der Waals surface area contributed by atoms with Gasteiger partial charge in [0.1, 0.15) is 0 Å². The van der Waals surface area contributed by atoms with Gasteiger partial charge in [0.05, 0.1) is 12.1 Å². The van der Waals surface area contributed by atoms with E-state index in [1.807, 2.05) is 4.90 Å². The summed E-state index contributed by atoms with van der Waals surface area (Å²) in [4.78, 5) is 28.1. The van der Waals surface area contributed by atoms with Crippen LogP contribution in [0.2, 0.25) is 5.02 Å². The number of piperazine rings is 1. The lowest BCUT2D eigenvalue weighted by Gasteiger charge is -2.36. The SMILES string of the molecule is O=C(CNC(=O)c1cccc(Cl)c1)NCCCN1CCN(c2cccc(C(F)(F)F)c2)CC1. The van der Waals surface area contributed by atoms with Gasteiger partial charge in [-0.25, -0.2) is 0 Å². The topological polar surface area (TPSA) is 64.7 Å². The molecule has 0 aliphatic carbocycles. The van der Waals surface area contributed by atoms with Crippen LogP contribution in [0, 0.1) is 0 Å². The van der Waals surface area contributed by atoms with E-state index in [1.165, 1.54) is 18.2 Å². The number of benzene rings is 2. The smallest absolute Gasteiger partial charge is 0.369 e. The van der Waals surface area contributed by atoms with Crippen LogP contribution in [0.25, 0.3) is 0 Å². The maximum Gasteiger partial charge on any atom is 0.416 e. The second kappa shape index (κ2) is 11.4. The zero-order chi connectivity index (χ0) is 23.8. The highest BCUT2D eigenvalue weighted by molar-refractivity contribution is 6.30. The Bertz CT molecular complexity index is 963. The highest BCUT2D eigenvalue weighted by Gasteiger charge is 2.31. The molecule has 1 saturated heterocycles. The molecule has 2 N–H and O–H groups in total. The van der Waals surface area contributed by atoms with Crippen LogP contribution in [-0.4, -0.2) is 62.5 Å². The first-order chi connectivity index (χ1) is 15.7. The molecule has 0 radical (unpaired) electrons. The van der Waals surface area contributed by atoms with Gasteiger partial charge in [-0.05, 0) is 49.4 Å². The van der Waals surface area contributed by atoms with Crippen LogP contribution in [0.1, 0.15) is 22.3 Å². The molecule has 2 amide bonds. The summed E-state index contributed by atoms with van der Waals surface area (Å²) in [5.41, 5.74) is 0.332. The first-order valence-electron chi connectivity index (χ1n) is 10.7. The molecule has 3 rings (SSSR count). The van der Waals surface area contributed by atoms with E-state index < -0.39 is 11.7 Å². The third-order valence-corrected chi connectivity index (χ3v) is 5.62. The largest absolute Gasteiger partial charge is 0.416 e. The standard InChI is InChI=1S/C23H26ClF3N4O2/c24-19-6-1-4-17(14-19)22(33)29-16-21(32)28-8-3-9-30-10-12-31(13-11-30)20-7-2-5-18(15-20)23(25,26)27/h1-2,4-7,14-15H,3,8-13,16H2,(H,28,32)(H,29,33). The fraction of sp³-hybridized carbons (Fsp3) is 0.391. The van der Waals surface area contributed by atoms with Crippen molar-refractivity contribution in [3.05, 3.63) is 64.7 Å². The van der Waals surface area contributed by atoms with Crippen LogP contribution in [0.3, 0.4) is 0 Å². The van der Waals surface area contributed by atoms with Gasteiger partial charge in [-0.15, -0.1) is 0 Å². The summed E-state index contributed by atoms with van der Waals surface area (Å²) in [7, 11) is 0. The van der Waals surface area contributed by atoms with E-state index in [-0.39, 0.29) is 18.4 Å². The van der Waals surface area contributed by atoms with Gasteiger partial charge in [0.2, 0.25) is 5.91 Å². The minimum absolute atomic E-state index is 0.124. The quantitative estimate of drug-likeness (QED) is 0.566. The first-order valence-corrected chi connectivity index (χ1v) is 11.1. The van der Waals surface area contributed by atoms with E-state index in [0.717, 1.165) is 32.1 Å². The molecule has 0 saturated carbocycles. The molecule has 1 aliphatic rings. The lowest BCUT2D eigenvalue weighted by atomic mass is 10.1. The van der Waals surface area contributed by atoms with Crippen LogP contribution in [0.4, 0.5) is 18.9 Å². The molecule has 6 nitrogen and oxygen atoms in total. The number of anilines is 1. The van der Waals surface area contributed by atoms with E-state index in [9.17, 15) is 22.8 Å². The van der Waals surface area contributed by atoms with E-state index in [0.29, 0.717) is 35.9 Å². The van der Waals surface area contributed by atoms with Crippen molar-refractivity contribution in [3.8, 4) is 0 Å². The van der Waals surface area contributed by atoms with E-state index in [2.05, 4.69) is 15.5 Å². The zero-order valence-electron chi connectivity index (χ0n) is 18.0. The van der Waals surface area contributed by atoms with Crippen molar-refractivity contribution in [2.45, 2.75) is 12.6 Å². The number of halogens is 4. The Hall–Kier alpha value is -2.78. The lowest BCUT2D eigenvalue weighted by molar-refractivity contribution is -0.137. The monoisotopic (exact) mass is 482 g/mol. The van der Waals surface area contributed by atoms with Crippen molar-refractivity contribution < 1.29 is 22.8 Å². The van der Waals surface area contributed by atoms with Gasteiger partial charge in [-0.3, -0.25) is 14.5 Å². The Kier molecular flexibility index (Phi) is 8.57. The van der Waals surface area contributed by atoms with Crippen molar-refractivity contribution >= 4 is 29.1 Å². The van der Waals surface area contributed by atoms with Crippen LogP contribution in [0.15, 0.2) is 48.5 Å². The Morgan fingerprint density at radius 1 is 0.970 bits per heavy atom. The van der Waals surface area contributed by atoms with Gasteiger partial charge in [0, 0.05) is 49.0 Å². The summed E-state index contributed by atoms with van der Waals surface area (Å²) >= 11 is 5.86. The molecule has 0 aromatic heterocycles. The van der Waals surface area contributed by atoms with Crippen molar-refractivity contribution in [2.75, 3.05) is 50.7 Å². The van der Waals surface area contributed by atoms with Gasteiger partial charge in [-0.2, -0.15) is 13.2 Å². The van der Waals surface area contributed by atoms with E-state index >= 15 is 0 Å². The maximum atomic E-state index is 12.9. The van der Waals surface area contributed by atoms with Crippen LogP contribution in [-0.2, 0) is 11.0 Å². The molecule has 0 bridgehead atoms. The number of carbonyl (C=O) groups excluding carboxylic acids is 2. The van der Waals surface area contributed by atoms with Crippen LogP contribution < -0.4 is 15.5 Å². The highest BCUT2D eigenvalue weighted by Crippen LogP contribution is 2.31. The summed E-state index contributed by atoms with van der Waals surface area (Å²) in [6.07, 6.45) is -3.61. The van der Waals surface area contributed by atoms with E-state index in [4.69, 9.17) is 11.6 Å². The summed E-state index contributed by atoms with van der Waals surface area (Å²) < 4.78 is 38.8. The zero-order valence-corrected chi connectivity index (χ0v) is 18.8. The Balaban J connectivity index is 1.31. The molecule has 0 atom stereocenters. The summed E-state index contributed by atoms with van der Waals surface area (Å²) in [5, 5.41) is 5.77. The molecule has 2 aromatic carbocycles. The predicted molar refractivity (Wildman–Crippen MR) is 122 cm³/mol. The number of rotatable bonds is 8. The third kappa shape index (κ3) is 7.64. The summed E-state index contributed by atoms with van der Waals surface area (Å²) in [6, 6.07) is 11.9. The number of amides is 2. The third-order valence-electron chi connectivity index (χ3n) is 5.38. The molecule has 2 aromatic rings. The fourth-order valence-corrected chi connectivity index (χ4v) is 3.78. The number of carbonyl (C=O) groups is 2. The van der Waals surface area contributed by atoms with Crippen molar-refractivity contribution in [2.24, 2.45) is 0 Å². The summed E-state index contributed by atoms with van der Waals surface area (Å²) in [5.74, 6) is -0.647. The van der Waals surface area contributed by atoms with Gasteiger partial charge >= 0.3 is 6.18 Å². The average molecular weight is 483 g/mol. The molecule has 178 valence electrons. The van der Waals surface area contributed by atoms with Crippen LogP contribution >= 0.6 is 11.6 Å². The minimum Gasteiger partial charge on any atom is -0.369 e. The molecule has 1 fully saturated rings. The molecule has 0 spiro atoms. The van der Waals surface area contributed by atoms with Gasteiger partial charge in [0.15, 0.2) is 0 Å². The first kappa shape index (κ1) is 24.9. The molecule has 1 heterocycles. The average Bonchev–Trinajstić information content (AvgIpc) is 2.80. The Morgan fingerprint density at radius 2 is 1.70 bits per heavy atom.